The summed E-state index contributed by atoms with van der Waals surface area (Å²) >= 11 is 0. The van der Waals surface area contributed by atoms with Crippen LogP contribution in [0.1, 0.15) is 40.0 Å². The van der Waals surface area contributed by atoms with Crippen molar-refractivity contribution in [3.8, 4) is 0 Å². The van der Waals surface area contributed by atoms with E-state index in [1.54, 1.807) is 0 Å². The van der Waals surface area contributed by atoms with Gasteiger partial charge < -0.3 is 10.1 Å². The maximum atomic E-state index is 11.3. The highest BCUT2D eigenvalue weighted by Gasteiger charge is 2.33. The summed E-state index contributed by atoms with van der Waals surface area (Å²) < 4.78 is 4.71. The lowest BCUT2D eigenvalue weighted by Crippen LogP contribution is -2.43. The van der Waals surface area contributed by atoms with E-state index in [1.807, 2.05) is 6.92 Å². The first-order valence-electron chi connectivity index (χ1n) is 5.94. The quantitative estimate of drug-likeness (QED) is 0.725. The topological polar surface area (TPSA) is 38.3 Å². The Morgan fingerprint density at radius 3 is 2.67 bits per heavy atom. The van der Waals surface area contributed by atoms with Gasteiger partial charge in [0.1, 0.15) is 6.04 Å². The molecule has 0 amide bonds. The van der Waals surface area contributed by atoms with Crippen molar-refractivity contribution in [2.75, 3.05) is 7.11 Å². The first-order chi connectivity index (χ1) is 7.10. The van der Waals surface area contributed by atoms with Crippen LogP contribution < -0.4 is 5.32 Å². The standard InChI is InChI=1S/C12H23NO2/c1-5-10-6-7-11(8(10)2)13-9(3)12(14)15-4/h8-11,13H,5-7H2,1-4H3. The van der Waals surface area contributed by atoms with Crippen molar-refractivity contribution in [2.24, 2.45) is 11.8 Å². The average Bonchev–Trinajstić information content (AvgIpc) is 2.58. The summed E-state index contributed by atoms with van der Waals surface area (Å²) in [4.78, 5) is 11.3. The van der Waals surface area contributed by atoms with E-state index in [9.17, 15) is 4.79 Å². The molecule has 0 bridgehead atoms. The van der Waals surface area contributed by atoms with Gasteiger partial charge >= 0.3 is 5.97 Å². The van der Waals surface area contributed by atoms with E-state index in [0.29, 0.717) is 12.0 Å². The molecule has 1 N–H and O–H groups in total. The molecule has 1 fully saturated rings. The highest BCUT2D eigenvalue weighted by atomic mass is 16.5. The molecule has 4 atom stereocenters. The van der Waals surface area contributed by atoms with E-state index in [0.717, 1.165) is 5.92 Å². The first-order valence-corrected chi connectivity index (χ1v) is 5.94. The Bertz CT molecular complexity index is 218. The number of esters is 1. The molecule has 0 aromatic carbocycles. The summed E-state index contributed by atoms with van der Waals surface area (Å²) in [6.07, 6.45) is 3.70. The predicted molar refractivity (Wildman–Crippen MR) is 60.6 cm³/mol. The third kappa shape index (κ3) is 2.94. The van der Waals surface area contributed by atoms with Gasteiger partial charge in [-0.3, -0.25) is 4.79 Å². The molecule has 1 rings (SSSR count). The summed E-state index contributed by atoms with van der Waals surface area (Å²) in [7, 11) is 1.44. The van der Waals surface area contributed by atoms with Crippen molar-refractivity contribution in [2.45, 2.75) is 52.1 Å². The molecule has 15 heavy (non-hydrogen) atoms. The maximum absolute atomic E-state index is 11.3. The second-order valence-electron chi connectivity index (χ2n) is 4.62. The van der Waals surface area contributed by atoms with Crippen LogP contribution in [0.3, 0.4) is 0 Å². The largest absolute Gasteiger partial charge is 0.468 e. The van der Waals surface area contributed by atoms with Crippen molar-refractivity contribution < 1.29 is 9.53 Å². The van der Waals surface area contributed by atoms with Gasteiger partial charge in [-0.15, -0.1) is 0 Å². The molecule has 0 aromatic heterocycles. The zero-order valence-corrected chi connectivity index (χ0v) is 10.2. The molecular formula is C12H23NO2. The second kappa shape index (κ2) is 5.50. The van der Waals surface area contributed by atoms with Gasteiger partial charge in [-0.2, -0.15) is 0 Å². The van der Waals surface area contributed by atoms with Gasteiger partial charge in [0.15, 0.2) is 0 Å². The third-order valence-corrected chi connectivity index (χ3v) is 3.77. The molecule has 4 unspecified atom stereocenters. The van der Waals surface area contributed by atoms with Gasteiger partial charge in [0.25, 0.3) is 0 Å². The third-order valence-electron chi connectivity index (χ3n) is 3.77. The van der Waals surface area contributed by atoms with Crippen LogP contribution in [0, 0.1) is 11.8 Å². The summed E-state index contributed by atoms with van der Waals surface area (Å²) in [6.45, 7) is 6.40. The van der Waals surface area contributed by atoms with Crippen LogP contribution in [-0.2, 0) is 9.53 Å². The lowest BCUT2D eigenvalue weighted by molar-refractivity contribution is -0.142. The normalized spacial score (nSPS) is 32.7. The van der Waals surface area contributed by atoms with Crippen LogP contribution in [0.25, 0.3) is 0 Å². The van der Waals surface area contributed by atoms with Gasteiger partial charge in [-0.25, -0.2) is 0 Å². The fourth-order valence-electron chi connectivity index (χ4n) is 2.62. The highest BCUT2D eigenvalue weighted by molar-refractivity contribution is 5.75. The number of hydrogen-bond acceptors (Lipinski definition) is 3. The van der Waals surface area contributed by atoms with Crippen molar-refractivity contribution in [1.82, 2.24) is 5.32 Å². The summed E-state index contributed by atoms with van der Waals surface area (Å²) in [5.74, 6) is 1.32. The number of carbonyl (C=O) groups excluding carboxylic acids is 1. The number of nitrogens with one attached hydrogen (secondary N) is 1. The molecule has 0 saturated heterocycles. The summed E-state index contributed by atoms with van der Waals surface area (Å²) in [5, 5.41) is 3.37. The van der Waals surface area contributed by atoms with Crippen molar-refractivity contribution in [3.05, 3.63) is 0 Å². The van der Waals surface area contributed by atoms with E-state index in [1.165, 1.54) is 26.4 Å². The van der Waals surface area contributed by atoms with Crippen LogP contribution >= 0.6 is 0 Å². The molecule has 1 saturated carbocycles. The van der Waals surface area contributed by atoms with E-state index < -0.39 is 0 Å². The van der Waals surface area contributed by atoms with Crippen molar-refractivity contribution in [1.29, 1.82) is 0 Å². The Balaban J connectivity index is 2.43. The van der Waals surface area contributed by atoms with E-state index in [4.69, 9.17) is 4.74 Å². The molecule has 3 nitrogen and oxygen atoms in total. The fraction of sp³-hybridized carbons (Fsp3) is 0.917. The second-order valence-corrected chi connectivity index (χ2v) is 4.62. The van der Waals surface area contributed by atoms with Gasteiger partial charge in [-0.1, -0.05) is 20.3 Å². The minimum atomic E-state index is -0.182. The molecule has 88 valence electrons. The minimum absolute atomic E-state index is 0.165. The highest BCUT2D eigenvalue weighted by Crippen LogP contribution is 2.34. The Hall–Kier alpha value is -0.570. The predicted octanol–water partition coefficient (Wildman–Crippen LogP) is 1.96. The minimum Gasteiger partial charge on any atom is -0.468 e. The smallest absolute Gasteiger partial charge is 0.322 e. The van der Waals surface area contributed by atoms with Crippen molar-refractivity contribution >= 4 is 5.97 Å². The molecule has 0 spiro atoms. The Morgan fingerprint density at radius 2 is 2.20 bits per heavy atom. The molecule has 1 aliphatic rings. The number of rotatable bonds is 4. The number of carbonyl (C=O) groups is 1. The summed E-state index contributed by atoms with van der Waals surface area (Å²) in [6, 6.07) is 0.294. The first kappa shape index (κ1) is 12.5. The number of hydrogen-bond donors (Lipinski definition) is 1. The molecular weight excluding hydrogens is 190 g/mol. The van der Waals surface area contributed by atoms with Crippen LogP contribution in [0.15, 0.2) is 0 Å². The monoisotopic (exact) mass is 213 g/mol. The van der Waals surface area contributed by atoms with Gasteiger partial charge in [0, 0.05) is 6.04 Å². The Morgan fingerprint density at radius 1 is 1.53 bits per heavy atom. The maximum Gasteiger partial charge on any atom is 0.322 e. The van der Waals surface area contributed by atoms with Crippen LogP contribution in [0.2, 0.25) is 0 Å². The Kier molecular flexibility index (Phi) is 4.58. The van der Waals surface area contributed by atoms with Crippen LogP contribution in [0.4, 0.5) is 0 Å². The molecule has 0 heterocycles. The van der Waals surface area contributed by atoms with Crippen LogP contribution in [0.5, 0.6) is 0 Å². The molecule has 3 heteroatoms. The van der Waals surface area contributed by atoms with Gasteiger partial charge in [-0.05, 0) is 31.6 Å². The fourth-order valence-corrected chi connectivity index (χ4v) is 2.62. The van der Waals surface area contributed by atoms with Crippen molar-refractivity contribution in [3.63, 3.8) is 0 Å². The number of methoxy groups -OCH3 is 1. The van der Waals surface area contributed by atoms with E-state index in [-0.39, 0.29) is 12.0 Å². The Labute approximate surface area is 92.6 Å². The molecule has 1 aliphatic carbocycles. The van der Waals surface area contributed by atoms with Gasteiger partial charge in [0.05, 0.1) is 7.11 Å². The lowest BCUT2D eigenvalue weighted by Gasteiger charge is -2.23. The van der Waals surface area contributed by atoms with Crippen LogP contribution in [-0.4, -0.2) is 25.2 Å². The molecule has 0 radical (unpaired) electrons. The zero-order chi connectivity index (χ0) is 11.4. The summed E-state index contributed by atoms with van der Waals surface area (Å²) in [5.41, 5.74) is 0. The molecule has 0 aliphatic heterocycles. The zero-order valence-electron chi connectivity index (χ0n) is 10.2. The molecule has 0 aromatic rings. The number of ether oxygens (including phenoxy) is 1. The lowest BCUT2D eigenvalue weighted by atomic mass is 9.93. The van der Waals surface area contributed by atoms with E-state index in [2.05, 4.69) is 19.2 Å². The van der Waals surface area contributed by atoms with E-state index >= 15 is 0 Å². The van der Waals surface area contributed by atoms with Gasteiger partial charge in [0.2, 0.25) is 0 Å². The SMILES string of the molecule is CCC1CCC(NC(C)C(=O)OC)C1C. The average molecular weight is 213 g/mol.